The Bertz CT molecular complexity index is 901. The van der Waals surface area contributed by atoms with Gasteiger partial charge in [-0.15, -0.1) is 0 Å². The number of hydrogen-bond acceptors (Lipinski definition) is 4. The topological polar surface area (TPSA) is 86.0 Å². The zero-order chi connectivity index (χ0) is 17.5. The summed E-state index contributed by atoms with van der Waals surface area (Å²) in [4.78, 5) is 41.3. The summed E-state index contributed by atoms with van der Waals surface area (Å²) in [6.45, 7) is 7.31. The predicted octanol–water partition coefficient (Wildman–Crippen LogP) is 1.18. The summed E-state index contributed by atoms with van der Waals surface area (Å²) in [5.74, 6) is -0.199. The van der Waals surface area contributed by atoms with Crippen molar-refractivity contribution < 1.29 is 4.79 Å². The van der Waals surface area contributed by atoms with Gasteiger partial charge in [0.25, 0.3) is 5.56 Å². The van der Waals surface area contributed by atoms with Crippen molar-refractivity contribution in [2.45, 2.75) is 34.1 Å². The van der Waals surface area contributed by atoms with Gasteiger partial charge in [0, 0.05) is 25.7 Å². The lowest BCUT2D eigenvalue weighted by molar-refractivity contribution is -0.123. The molecule has 124 valence electrons. The first-order valence-corrected chi connectivity index (χ1v) is 7.48. The normalized spacial score (nSPS) is 11.7. The van der Waals surface area contributed by atoms with Gasteiger partial charge in [-0.3, -0.25) is 18.7 Å². The fourth-order valence-electron chi connectivity index (χ4n) is 2.28. The van der Waals surface area contributed by atoms with Crippen LogP contribution in [0.5, 0.6) is 0 Å². The van der Waals surface area contributed by atoms with Crippen LogP contribution < -0.4 is 16.6 Å². The zero-order valence-corrected chi connectivity index (χ0v) is 14.4. The van der Waals surface area contributed by atoms with Gasteiger partial charge in [0.1, 0.15) is 5.39 Å². The fourth-order valence-corrected chi connectivity index (χ4v) is 2.28. The summed E-state index contributed by atoms with van der Waals surface area (Å²) in [7, 11) is 2.97. The van der Waals surface area contributed by atoms with Crippen molar-refractivity contribution in [1.29, 1.82) is 0 Å². The second-order valence-corrected chi connectivity index (χ2v) is 6.62. The lowest BCUT2D eigenvalue weighted by Crippen LogP contribution is -2.38. The number of aryl methyl sites for hydroxylation is 2. The third kappa shape index (κ3) is 2.78. The maximum Gasteiger partial charge on any atom is 0.332 e. The quantitative estimate of drug-likeness (QED) is 0.901. The van der Waals surface area contributed by atoms with Crippen LogP contribution in [0.25, 0.3) is 11.0 Å². The van der Waals surface area contributed by atoms with E-state index >= 15 is 0 Å². The van der Waals surface area contributed by atoms with E-state index in [1.165, 1.54) is 11.6 Å². The molecular weight excluding hydrogens is 296 g/mol. The van der Waals surface area contributed by atoms with Crippen LogP contribution >= 0.6 is 0 Å². The number of hydrogen-bond donors (Lipinski definition) is 1. The molecule has 2 aromatic rings. The third-order valence-corrected chi connectivity index (χ3v) is 3.85. The SMILES string of the molecule is CCc1cnc2c(c1NC(=O)C(C)(C)C)c(=O)n(C)c(=O)n2C. The smallest absolute Gasteiger partial charge is 0.324 e. The molecule has 2 heterocycles. The van der Waals surface area contributed by atoms with Gasteiger partial charge in [-0.2, -0.15) is 0 Å². The molecule has 0 atom stereocenters. The summed E-state index contributed by atoms with van der Waals surface area (Å²) >= 11 is 0. The minimum Gasteiger partial charge on any atom is -0.324 e. The van der Waals surface area contributed by atoms with Crippen LogP contribution in [0.15, 0.2) is 15.8 Å². The van der Waals surface area contributed by atoms with Crippen LogP contribution in [0.2, 0.25) is 0 Å². The van der Waals surface area contributed by atoms with Crippen molar-refractivity contribution in [3.05, 3.63) is 32.6 Å². The van der Waals surface area contributed by atoms with Crippen LogP contribution in [0.4, 0.5) is 5.69 Å². The Kier molecular flexibility index (Phi) is 4.15. The van der Waals surface area contributed by atoms with Crippen molar-refractivity contribution in [2.75, 3.05) is 5.32 Å². The summed E-state index contributed by atoms with van der Waals surface area (Å²) < 4.78 is 2.33. The molecule has 0 unspecified atom stereocenters. The average molecular weight is 318 g/mol. The van der Waals surface area contributed by atoms with Crippen molar-refractivity contribution in [3.8, 4) is 0 Å². The molecule has 0 spiro atoms. The maximum absolute atomic E-state index is 12.6. The zero-order valence-electron chi connectivity index (χ0n) is 14.4. The molecule has 0 bridgehead atoms. The van der Waals surface area contributed by atoms with Gasteiger partial charge in [0.2, 0.25) is 5.91 Å². The highest BCUT2D eigenvalue weighted by molar-refractivity contribution is 6.02. The molecule has 2 rings (SSSR count). The predicted molar refractivity (Wildman–Crippen MR) is 89.7 cm³/mol. The fraction of sp³-hybridized carbons (Fsp3) is 0.500. The molecule has 0 radical (unpaired) electrons. The van der Waals surface area contributed by atoms with Gasteiger partial charge in [-0.1, -0.05) is 27.7 Å². The van der Waals surface area contributed by atoms with Gasteiger partial charge in [0.05, 0.1) is 5.69 Å². The lowest BCUT2D eigenvalue weighted by atomic mass is 9.95. The Morgan fingerprint density at radius 3 is 2.35 bits per heavy atom. The summed E-state index contributed by atoms with van der Waals surface area (Å²) in [6.07, 6.45) is 2.20. The highest BCUT2D eigenvalue weighted by Gasteiger charge is 2.24. The molecule has 0 aliphatic heterocycles. The average Bonchev–Trinajstić information content (AvgIpc) is 2.49. The number of rotatable bonds is 2. The van der Waals surface area contributed by atoms with Crippen molar-refractivity contribution >= 4 is 22.6 Å². The summed E-state index contributed by atoms with van der Waals surface area (Å²) in [5, 5.41) is 3.11. The molecule has 7 heteroatoms. The number of pyridine rings is 1. The van der Waals surface area contributed by atoms with Crippen LogP contribution in [0.1, 0.15) is 33.3 Å². The number of anilines is 1. The Morgan fingerprint density at radius 1 is 1.22 bits per heavy atom. The van der Waals surface area contributed by atoms with Crippen LogP contribution in [0.3, 0.4) is 0 Å². The first-order valence-electron chi connectivity index (χ1n) is 7.48. The molecular formula is C16H22N4O3. The molecule has 0 aliphatic carbocycles. The lowest BCUT2D eigenvalue weighted by Gasteiger charge is -2.20. The van der Waals surface area contributed by atoms with E-state index in [4.69, 9.17) is 0 Å². The standard InChI is InChI=1S/C16H22N4O3/c1-7-9-8-17-12-10(11(9)18-14(22)16(2,3)4)13(21)20(6)15(23)19(12)5/h8H,7H2,1-6H3,(H,17,18,22). The van der Waals surface area contributed by atoms with Gasteiger partial charge in [-0.05, 0) is 12.0 Å². The molecule has 7 nitrogen and oxygen atoms in total. The first kappa shape index (κ1) is 16.9. The van der Waals surface area contributed by atoms with Crippen molar-refractivity contribution in [3.63, 3.8) is 0 Å². The second-order valence-electron chi connectivity index (χ2n) is 6.62. The minimum atomic E-state index is -0.605. The monoisotopic (exact) mass is 318 g/mol. The molecule has 0 aliphatic rings. The Balaban J connectivity index is 2.89. The highest BCUT2D eigenvalue weighted by atomic mass is 16.2. The molecule has 1 amide bonds. The van der Waals surface area contributed by atoms with Gasteiger partial charge in [0.15, 0.2) is 5.65 Å². The van der Waals surface area contributed by atoms with Crippen molar-refractivity contribution in [2.24, 2.45) is 19.5 Å². The van der Waals surface area contributed by atoms with Crippen LogP contribution in [-0.2, 0) is 25.3 Å². The van der Waals surface area contributed by atoms with Crippen LogP contribution in [-0.4, -0.2) is 20.0 Å². The molecule has 0 aromatic carbocycles. The van der Waals surface area contributed by atoms with E-state index in [0.717, 1.165) is 10.1 Å². The van der Waals surface area contributed by atoms with E-state index in [1.54, 1.807) is 34.0 Å². The van der Waals surface area contributed by atoms with E-state index < -0.39 is 16.7 Å². The molecule has 0 fully saturated rings. The van der Waals surface area contributed by atoms with E-state index in [9.17, 15) is 14.4 Å². The number of aromatic nitrogens is 3. The Morgan fingerprint density at radius 2 is 1.83 bits per heavy atom. The number of amides is 1. The molecule has 1 N–H and O–H groups in total. The van der Waals surface area contributed by atoms with E-state index in [-0.39, 0.29) is 16.9 Å². The molecule has 0 saturated carbocycles. The maximum atomic E-state index is 12.6. The highest BCUT2D eigenvalue weighted by Crippen LogP contribution is 2.25. The Labute approximate surface area is 134 Å². The van der Waals surface area contributed by atoms with E-state index in [2.05, 4.69) is 10.3 Å². The molecule has 0 saturated heterocycles. The molecule has 23 heavy (non-hydrogen) atoms. The summed E-state index contributed by atoms with van der Waals surface area (Å²) in [5.41, 5.74) is -0.0617. The van der Waals surface area contributed by atoms with Gasteiger partial charge in [-0.25, -0.2) is 9.78 Å². The molecule has 2 aromatic heterocycles. The number of carbonyl (C=O) groups is 1. The largest absolute Gasteiger partial charge is 0.332 e. The minimum absolute atomic E-state index is 0.199. The number of carbonyl (C=O) groups excluding carboxylic acids is 1. The van der Waals surface area contributed by atoms with E-state index in [1.807, 2.05) is 6.92 Å². The first-order chi connectivity index (χ1) is 10.6. The Hall–Kier alpha value is -2.44. The van der Waals surface area contributed by atoms with Gasteiger partial charge >= 0.3 is 5.69 Å². The van der Waals surface area contributed by atoms with Crippen molar-refractivity contribution in [1.82, 2.24) is 14.1 Å². The van der Waals surface area contributed by atoms with Crippen LogP contribution in [0, 0.1) is 5.41 Å². The summed E-state index contributed by atoms with van der Waals surface area (Å²) in [6, 6.07) is 0. The van der Waals surface area contributed by atoms with E-state index in [0.29, 0.717) is 12.1 Å². The number of nitrogens with one attached hydrogen (secondary N) is 1. The number of nitrogens with zero attached hydrogens (tertiary/aromatic N) is 3. The van der Waals surface area contributed by atoms with Gasteiger partial charge < -0.3 is 5.32 Å². The third-order valence-electron chi connectivity index (χ3n) is 3.85. The number of fused-ring (bicyclic) bond motifs is 1. The second kappa shape index (κ2) is 5.64.